The summed E-state index contributed by atoms with van der Waals surface area (Å²) in [5, 5.41) is 12.1. The molecule has 0 radical (unpaired) electrons. The minimum absolute atomic E-state index is 0.109. The Labute approximate surface area is 162 Å². The highest BCUT2D eigenvalue weighted by atomic mass is 32.2. The maximum Gasteiger partial charge on any atom is 0.246 e. The van der Waals surface area contributed by atoms with Crippen molar-refractivity contribution < 1.29 is 9.18 Å². The number of carbonyl (C=O) groups excluding carboxylic acids is 1. The van der Waals surface area contributed by atoms with Crippen molar-refractivity contribution in [2.45, 2.75) is 37.5 Å². The number of rotatable bonds is 5. The van der Waals surface area contributed by atoms with Crippen LogP contribution in [0.3, 0.4) is 0 Å². The summed E-state index contributed by atoms with van der Waals surface area (Å²) in [4.78, 5) is 17.2. The molecular formula is C21H20FN3OS. The molecule has 1 fully saturated rings. The molecule has 138 valence electrons. The largest absolute Gasteiger partial charge is 0.304 e. The number of nitrogens with one attached hydrogen (secondary N) is 1. The Morgan fingerprint density at radius 1 is 1.22 bits per heavy atom. The maximum absolute atomic E-state index is 13.1. The van der Waals surface area contributed by atoms with Gasteiger partial charge in [-0.05, 0) is 49.1 Å². The zero-order valence-electron chi connectivity index (χ0n) is 15.2. The van der Waals surface area contributed by atoms with Crippen LogP contribution in [0.5, 0.6) is 0 Å². The fourth-order valence-electron chi connectivity index (χ4n) is 2.91. The van der Waals surface area contributed by atoms with Gasteiger partial charge in [0.1, 0.15) is 10.6 Å². The van der Waals surface area contributed by atoms with E-state index in [2.05, 4.69) is 16.4 Å². The summed E-state index contributed by atoms with van der Waals surface area (Å²) in [7, 11) is 0. The van der Waals surface area contributed by atoms with E-state index in [1.807, 2.05) is 38.1 Å². The van der Waals surface area contributed by atoms with Gasteiger partial charge in [0.15, 0.2) is 5.17 Å². The van der Waals surface area contributed by atoms with Crippen molar-refractivity contribution in [3.63, 3.8) is 0 Å². The van der Waals surface area contributed by atoms with Gasteiger partial charge in [-0.2, -0.15) is 5.26 Å². The third-order valence-electron chi connectivity index (χ3n) is 4.65. The average molecular weight is 381 g/mol. The summed E-state index contributed by atoms with van der Waals surface area (Å²) in [6.07, 6.45) is 1.18. The number of benzene rings is 2. The Hall–Kier alpha value is -2.65. The lowest BCUT2D eigenvalue weighted by Gasteiger charge is -2.19. The second kappa shape index (κ2) is 7.93. The van der Waals surface area contributed by atoms with E-state index in [0.717, 1.165) is 16.7 Å². The van der Waals surface area contributed by atoms with Gasteiger partial charge in [0.05, 0.1) is 12.1 Å². The van der Waals surface area contributed by atoms with Crippen molar-refractivity contribution in [3.05, 3.63) is 71.0 Å². The van der Waals surface area contributed by atoms with Crippen LogP contribution < -0.4 is 5.32 Å². The third kappa shape index (κ3) is 4.20. The fraction of sp³-hybridized carbons (Fsp3) is 0.286. The standard InChI is InChI=1S/C21H20FN3OS/c1-14(16-7-11-18(22)12-8-16)24-20-25-19(26)21(2,27-20)17-9-5-15(6-10-17)4-3-13-23/h5-12,14H,3-4H2,1-2H3,(H,24,25,26)/t14-,21?/m0/s1. The van der Waals surface area contributed by atoms with Crippen LogP contribution in [-0.2, 0) is 16.0 Å². The quantitative estimate of drug-likeness (QED) is 0.831. The van der Waals surface area contributed by atoms with Crippen LogP contribution in [0.15, 0.2) is 53.5 Å². The monoisotopic (exact) mass is 381 g/mol. The SMILES string of the molecule is C[C@H](N=C1NC(=O)C(C)(c2ccc(CCC#N)cc2)S1)c1ccc(F)cc1. The molecule has 1 aliphatic rings. The average Bonchev–Trinajstić information content (AvgIpc) is 2.95. The predicted molar refractivity (Wildman–Crippen MR) is 106 cm³/mol. The van der Waals surface area contributed by atoms with Gasteiger partial charge in [-0.25, -0.2) is 4.39 Å². The molecule has 0 bridgehead atoms. The number of carbonyl (C=O) groups is 1. The van der Waals surface area contributed by atoms with Crippen LogP contribution in [0.4, 0.5) is 4.39 Å². The number of amides is 1. The minimum Gasteiger partial charge on any atom is -0.304 e. The van der Waals surface area contributed by atoms with Gasteiger partial charge < -0.3 is 5.32 Å². The number of hydrogen-bond donors (Lipinski definition) is 1. The van der Waals surface area contributed by atoms with Gasteiger partial charge in [-0.1, -0.05) is 48.2 Å². The zero-order valence-corrected chi connectivity index (χ0v) is 16.0. The number of nitrogens with zero attached hydrogens (tertiary/aromatic N) is 2. The summed E-state index contributed by atoms with van der Waals surface area (Å²) >= 11 is 1.39. The Morgan fingerprint density at radius 2 is 1.89 bits per heavy atom. The van der Waals surface area contributed by atoms with E-state index in [1.165, 1.54) is 23.9 Å². The highest BCUT2D eigenvalue weighted by Crippen LogP contribution is 2.41. The molecule has 1 heterocycles. The van der Waals surface area contributed by atoms with E-state index in [4.69, 9.17) is 5.26 Å². The molecule has 0 aliphatic carbocycles. The first-order chi connectivity index (χ1) is 12.9. The van der Waals surface area contributed by atoms with Crippen molar-refractivity contribution in [2.75, 3.05) is 0 Å². The Morgan fingerprint density at radius 3 is 2.52 bits per heavy atom. The first-order valence-electron chi connectivity index (χ1n) is 8.72. The highest BCUT2D eigenvalue weighted by Gasteiger charge is 2.44. The number of hydrogen-bond acceptors (Lipinski definition) is 4. The molecule has 2 atom stereocenters. The molecule has 0 aromatic heterocycles. The van der Waals surface area contributed by atoms with Crippen LogP contribution >= 0.6 is 11.8 Å². The van der Waals surface area contributed by atoms with Crippen LogP contribution in [0.25, 0.3) is 0 Å². The van der Waals surface area contributed by atoms with Crippen molar-refractivity contribution >= 4 is 22.8 Å². The third-order valence-corrected chi connectivity index (χ3v) is 5.88. The summed E-state index contributed by atoms with van der Waals surface area (Å²) in [5.74, 6) is -0.393. The number of thioether (sulfide) groups is 1. The fourth-order valence-corrected chi connectivity index (χ4v) is 4.05. The van der Waals surface area contributed by atoms with Crippen LogP contribution in [0.1, 0.15) is 43.0 Å². The Bertz CT molecular complexity index is 903. The Kier molecular flexibility index (Phi) is 5.62. The molecule has 3 rings (SSSR count). The molecule has 2 aromatic rings. The van der Waals surface area contributed by atoms with Crippen LogP contribution in [0.2, 0.25) is 0 Å². The molecule has 0 spiro atoms. The van der Waals surface area contributed by atoms with E-state index < -0.39 is 4.75 Å². The molecule has 1 saturated heterocycles. The molecule has 2 aromatic carbocycles. The summed E-state index contributed by atoms with van der Waals surface area (Å²) in [6, 6.07) is 16.0. The minimum atomic E-state index is -0.755. The van der Waals surface area contributed by atoms with E-state index in [-0.39, 0.29) is 17.8 Å². The molecule has 4 nitrogen and oxygen atoms in total. The summed E-state index contributed by atoms with van der Waals surface area (Å²) < 4.78 is 12.3. The highest BCUT2D eigenvalue weighted by molar-refractivity contribution is 8.15. The molecular weight excluding hydrogens is 361 g/mol. The first kappa shape index (κ1) is 19.1. The molecule has 1 unspecified atom stereocenters. The van der Waals surface area contributed by atoms with E-state index in [0.29, 0.717) is 18.0 Å². The summed E-state index contributed by atoms with van der Waals surface area (Å²) in [6.45, 7) is 3.79. The number of amidine groups is 1. The van der Waals surface area contributed by atoms with Gasteiger partial charge in [0, 0.05) is 6.42 Å². The topological polar surface area (TPSA) is 65.2 Å². The second-order valence-electron chi connectivity index (χ2n) is 6.61. The number of aryl methyl sites for hydroxylation is 1. The van der Waals surface area contributed by atoms with Crippen LogP contribution in [0, 0.1) is 17.1 Å². The lowest BCUT2D eigenvalue weighted by atomic mass is 9.97. The normalized spacial score (nSPS) is 21.7. The number of aliphatic imine (C=N–C) groups is 1. The molecule has 27 heavy (non-hydrogen) atoms. The lowest BCUT2D eigenvalue weighted by Crippen LogP contribution is -2.31. The Balaban J connectivity index is 1.77. The number of halogens is 1. The van der Waals surface area contributed by atoms with Gasteiger partial charge >= 0.3 is 0 Å². The van der Waals surface area contributed by atoms with Gasteiger partial charge in [0.2, 0.25) is 5.91 Å². The predicted octanol–water partition coefficient (Wildman–Crippen LogP) is 4.48. The van der Waals surface area contributed by atoms with Crippen molar-refractivity contribution in [3.8, 4) is 6.07 Å². The van der Waals surface area contributed by atoms with E-state index in [9.17, 15) is 9.18 Å². The van der Waals surface area contributed by atoms with Crippen molar-refractivity contribution in [1.29, 1.82) is 5.26 Å². The lowest BCUT2D eigenvalue weighted by molar-refractivity contribution is -0.121. The zero-order chi connectivity index (χ0) is 19.4. The molecule has 1 amide bonds. The van der Waals surface area contributed by atoms with Crippen LogP contribution in [-0.4, -0.2) is 11.1 Å². The van der Waals surface area contributed by atoms with E-state index in [1.54, 1.807) is 12.1 Å². The molecule has 0 saturated carbocycles. The first-order valence-corrected chi connectivity index (χ1v) is 9.54. The smallest absolute Gasteiger partial charge is 0.246 e. The van der Waals surface area contributed by atoms with Gasteiger partial charge in [-0.15, -0.1) is 0 Å². The van der Waals surface area contributed by atoms with Gasteiger partial charge in [0.25, 0.3) is 0 Å². The molecule has 1 aliphatic heterocycles. The molecule has 6 heteroatoms. The van der Waals surface area contributed by atoms with E-state index >= 15 is 0 Å². The number of nitriles is 1. The second-order valence-corrected chi connectivity index (χ2v) is 8.01. The van der Waals surface area contributed by atoms with Crippen molar-refractivity contribution in [2.24, 2.45) is 4.99 Å². The maximum atomic E-state index is 13.1. The molecule has 1 N–H and O–H groups in total. The summed E-state index contributed by atoms with van der Waals surface area (Å²) in [5.41, 5.74) is 2.85. The van der Waals surface area contributed by atoms with Gasteiger partial charge in [-0.3, -0.25) is 9.79 Å². The van der Waals surface area contributed by atoms with Crippen molar-refractivity contribution in [1.82, 2.24) is 5.32 Å².